The summed E-state index contributed by atoms with van der Waals surface area (Å²) in [6.07, 6.45) is 1.57. The first-order valence-corrected chi connectivity index (χ1v) is 8.72. The number of nitrogens with one attached hydrogen (secondary N) is 1. The molecule has 0 radical (unpaired) electrons. The number of carbonyl (C=O) groups excluding carboxylic acids is 1. The van der Waals surface area contributed by atoms with Crippen molar-refractivity contribution < 1.29 is 18.4 Å². The van der Waals surface area contributed by atoms with Gasteiger partial charge in [-0.1, -0.05) is 23.9 Å². The van der Waals surface area contributed by atoms with Gasteiger partial charge in [0.15, 0.2) is 0 Å². The molecule has 0 aliphatic heterocycles. The topological polar surface area (TPSA) is 90.4 Å². The van der Waals surface area contributed by atoms with Crippen LogP contribution in [0.25, 0.3) is 11.5 Å². The van der Waals surface area contributed by atoms with Gasteiger partial charge in [-0.3, -0.25) is 4.79 Å². The number of aromatic nitrogens is 2. The lowest BCUT2D eigenvalue weighted by atomic mass is 10.2. The minimum Gasteiger partial charge on any atom is -0.493 e. The maximum Gasteiger partial charge on any atom is 0.277 e. The molecule has 1 N–H and O–H groups in total. The predicted octanol–water partition coefficient (Wildman–Crippen LogP) is 3.14. The van der Waals surface area contributed by atoms with Gasteiger partial charge >= 0.3 is 0 Å². The van der Waals surface area contributed by atoms with Gasteiger partial charge in [0.1, 0.15) is 11.5 Å². The molecular formula is C17H17N3O4S. The Hall–Kier alpha value is -2.74. The van der Waals surface area contributed by atoms with Gasteiger partial charge in [-0.15, -0.1) is 10.2 Å². The van der Waals surface area contributed by atoms with Crippen molar-refractivity contribution in [3.8, 4) is 17.2 Å². The average molecular weight is 359 g/mol. The normalized spacial score (nSPS) is 10.6. The Morgan fingerprint density at radius 2 is 2.12 bits per heavy atom. The van der Waals surface area contributed by atoms with Crippen molar-refractivity contribution in [2.45, 2.75) is 18.7 Å². The first kappa shape index (κ1) is 17.1. The number of ether oxygens (including phenoxy) is 1. The number of para-hydroxylation sites is 1. The van der Waals surface area contributed by atoms with E-state index in [1.54, 1.807) is 18.4 Å². The Labute approximate surface area is 148 Å². The molecule has 0 saturated carbocycles. The smallest absolute Gasteiger partial charge is 0.277 e. The molecule has 8 heteroatoms. The summed E-state index contributed by atoms with van der Waals surface area (Å²) in [5.74, 6) is 1.78. The number of rotatable bonds is 8. The maximum atomic E-state index is 11.8. The number of amides is 1. The van der Waals surface area contributed by atoms with Gasteiger partial charge in [-0.05, 0) is 31.2 Å². The molecule has 1 amide bonds. The maximum absolute atomic E-state index is 11.8. The fourth-order valence-electron chi connectivity index (χ4n) is 2.08. The van der Waals surface area contributed by atoms with E-state index in [2.05, 4.69) is 15.5 Å². The molecule has 0 unspecified atom stereocenters. The summed E-state index contributed by atoms with van der Waals surface area (Å²) in [5, 5.41) is 11.1. The van der Waals surface area contributed by atoms with Gasteiger partial charge in [0, 0.05) is 0 Å². The second-order valence-electron chi connectivity index (χ2n) is 4.95. The van der Waals surface area contributed by atoms with E-state index in [4.69, 9.17) is 13.6 Å². The molecule has 1 aromatic carbocycles. The van der Waals surface area contributed by atoms with Gasteiger partial charge in [0.2, 0.25) is 5.91 Å². The zero-order valence-electron chi connectivity index (χ0n) is 13.6. The first-order valence-electron chi connectivity index (χ1n) is 7.74. The highest BCUT2D eigenvalue weighted by atomic mass is 32.2. The van der Waals surface area contributed by atoms with Crippen LogP contribution >= 0.6 is 11.8 Å². The van der Waals surface area contributed by atoms with Crippen molar-refractivity contribution in [1.29, 1.82) is 0 Å². The Balaban J connectivity index is 1.56. The van der Waals surface area contributed by atoms with E-state index in [-0.39, 0.29) is 11.7 Å². The molecule has 2 aromatic heterocycles. The van der Waals surface area contributed by atoms with Crippen molar-refractivity contribution >= 4 is 17.7 Å². The van der Waals surface area contributed by atoms with Crippen LogP contribution in [0.3, 0.4) is 0 Å². The van der Waals surface area contributed by atoms with Crippen molar-refractivity contribution in [2.24, 2.45) is 0 Å². The molecule has 0 aliphatic carbocycles. The number of nitrogens with zero attached hydrogens (tertiary/aromatic N) is 2. The van der Waals surface area contributed by atoms with Crippen LogP contribution in [-0.4, -0.2) is 28.5 Å². The highest BCUT2D eigenvalue weighted by Gasteiger charge is 2.14. The quantitative estimate of drug-likeness (QED) is 0.618. The highest BCUT2D eigenvalue weighted by Crippen LogP contribution is 2.30. The van der Waals surface area contributed by atoms with Gasteiger partial charge in [-0.2, -0.15) is 0 Å². The van der Waals surface area contributed by atoms with Crippen LogP contribution in [0.4, 0.5) is 0 Å². The van der Waals surface area contributed by atoms with E-state index >= 15 is 0 Å². The molecular weight excluding hydrogens is 342 g/mol. The Morgan fingerprint density at radius 3 is 2.92 bits per heavy atom. The highest BCUT2D eigenvalue weighted by molar-refractivity contribution is 7.99. The van der Waals surface area contributed by atoms with Crippen LogP contribution in [0.15, 0.2) is 56.7 Å². The molecule has 3 rings (SSSR count). The minimum absolute atomic E-state index is 0.143. The molecule has 3 aromatic rings. The third-order valence-corrected chi connectivity index (χ3v) is 4.01. The Morgan fingerprint density at radius 1 is 1.24 bits per heavy atom. The standard InChI is InChI=1S/C17H17N3O4S/c1-2-22-14-8-4-3-7-13(14)16-19-20-17(24-16)25-11-15(21)18-10-12-6-5-9-23-12/h3-9H,2,10-11H2,1H3,(H,18,21). The lowest BCUT2D eigenvalue weighted by Crippen LogP contribution is -2.24. The fraction of sp³-hybridized carbons (Fsp3) is 0.235. The van der Waals surface area contributed by atoms with Crippen LogP contribution in [-0.2, 0) is 11.3 Å². The van der Waals surface area contributed by atoms with Gasteiger partial charge in [0.25, 0.3) is 11.1 Å². The van der Waals surface area contributed by atoms with Crippen molar-refractivity contribution in [1.82, 2.24) is 15.5 Å². The number of benzene rings is 1. The summed E-state index contributed by atoms with van der Waals surface area (Å²) in [5.41, 5.74) is 0.728. The van der Waals surface area contributed by atoms with Gasteiger partial charge in [-0.25, -0.2) is 0 Å². The molecule has 0 saturated heterocycles. The molecule has 130 valence electrons. The fourth-order valence-corrected chi connectivity index (χ4v) is 2.67. The number of hydrogen-bond acceptors (Lipinski definition) is 7. The molecule has 2 heterocycles. The van der Waals surface area contributed by atoms with E-state index in [0.717, 1.165) is 5.56 Å². The lowest BCUT2D eigenvalue weighted by Gasteiger charge is -2.06. The molecule has 0 bridgehead atoms. The van der Waals surface area contributed by atoms with E-state index in [1.807, 2.05) is 31.2 Å². The largest absolute Gasteiger partial charge is 0.493 e. The third-order valence-electron chi connectivity index (χ3n) is 3.19. The molecule has 0 fully saturated rings. The summed E-state index contributed by atoms with van der Waals surface area (Å²) in [6, 6.07) is 11.0. The van der Waals surface area contributed by atoms with Gasteiger partial charge in [0.05, 0.1) is 30.7 Å². The van der Waals surface area contributed by atoms with Crippen LogP contribution in [0.2, 0.25) is 0 Å². The zero-order valence-corrected chi connectivity index (χ0v) is 14.4. The molecule has 0 aliphatic rings. The van der Waals surface area contributed by atoms with Crippen molar-refractivity contribution in [3.63, 3.8) is 0 Å². The van der Waals surface area contributed by atoms with Crippen molar-refractivity contribution in [3.05, 3.63) is 48.4 Å². The second-order valence-corrected chi connectivity index (χ2v) is 5.87. The monoisotopic (exact) mass is 359 g/mol. The number of carbonyl (C=O) groups is 1. The average Bonchev–Trinajstić information content (AvgIpc) is 3.31. The van der Waals surface area contributed by atoms with E-state index in [9.17, 15) is 4.79 Å². The SMILES string of the molecule is CCOc1ccccc1-c1nnc(SCC(=O)NCc2ccco2)o1. The summed E-state index contributed by atoms with van der Waals surface area (Å²) in [6.45, 7) is 2.80. The van der Waals surface area contributed by atoms with Crippen LogP contribution in [0.1, 0.15) is 12.7 Å². The number of thioether (sulfide) groups is 1. The van der Waals surface area contributed by atoms with Crippen LogP contribution in [0, 0.1) is 0 Å². The molecule has 7 nitrogen and oxygen atoms in total. The van der Waals surface area contributed by atoms with Crippen molar-refractivity contribution in [2.75, 3.05) is 12.4 Å². The molecule has 25 heavy (non-hydrogen) atoms. The summed E-state index contributed by atoms with van der Waals surface area (Å²) in [4.78, 5) is 11.8. The Kier molecular flexibility index (Phi) is 5.73. The summed E-state index contributed by atoms with van der Waals surface area (Å²) in [7, 11) is 0. The van der Waals surface area contributed by atoms with E-state index in [0.29, 0.717) is 35.8 Å². The lowest BCUT2D eigenvalue weighted by molar-refractivity contribution is -0.118. The first-order chi connectivity index (χ1) is 12.3. The zero-order chi connectivity index (χ0) is 17.5. The van der Waals surface area contributed by atoms with Crippen LogP contribution < -0.4 is 10.1 Å². The number of furan rings is 1. The van der Waals surface area contributed by atoms with E-state index in [1.165, 1.54) is 11.8 Å². The molecule has 0 spiro atoms. The summed E-state index contributed by atoms with van der Waals surface area (Å²) >= 11 is 1.18. The van der Waals surface area contributed by atoms with E-state index < -0.39 is 0 Å². The Bertz CT molecular complexity index is 817. The van der Waals surface area contributed by atoms with Gasteiger partial charge < -0.3 is 18.9 Å². The summed E-state index contributed by atoms with van der Waals surface area (Å²) < 4.78 is 16.3. The number of hydrogen-bond donors (Lipinski definition) is 1. The third kappa shape index (κ3) is 4.63. The second kappa shape index (κ2) is 8.39. The molecule has 0 atom stereocenters. The van der Waals surface area contributed by atoms with Crippen LogP contribution in [0.5, 0.6) is 5.75 Å². The predicted molar refractivity (Wildman–Crippen MR) is 92.2 cm³/mol. The minimum atomic E-state index is -0.143.